The summed E-state index contributed by atoms with van der Waals surface area (Å²) in [5.74, 6) is 0. The van der Waals surface area contributed by atoms with Crippen molar-refractivity contribution in [1.82, 2.24) is 4.72 Å². The molecule has 0 heterocycles. The van der Waals surface area contributed by atoms with E-state index in [1.54, 1.807) is 6.92 Å². The smallest absolute Gasteiger partial charge is 0.273 e. The second kappa shape index (κ2) is 9.10. The third-order valence-electron chi connectivity index (χ3n) is 4.21. The molecule has 0 spiro atoms. The van der Waals surface area contributed by atoms with Crippen LogP contribution >= 0.6 is 0 Å². The number of nitrogens with one attached hydrogen (secondary N) is 2. The van der Waals surface area contributed by atoms with Gasteiger partial charge < -0.3 is 4.90 Å². The highest BCUT2D eigenvalue weighted by molar-refractivity contribution is 7.89. The number of hydrogen-bond acceptors (Lipinski definition) is 4. The van der Waals surface area contributed by atoms with Gasteiger partial charge in [-0.05, 0) is 46.6 Å². The highest BCUT2D eigenvalue weighted by Gasteiger charge is 2.21. The highest BCUT2D eigenvalue weighted by atomic mass is 32.2. The number of nitro groups is 1. The van der Waals surface area contributed by atoms with E-state index in [-0.39, 0.29) is 16.6 Å². The molecular weight excluding hydrogens is 330 g/mol. The van der Waals surface area contributed by atoms with Gasteiger partial charge >= 0.3 is 0 Å². The van der Waals surface area contributed by atoms with Gasteiger partial charge in [0.05, 0.1) is 29.5 Å². The van der Waals surface area contributed by atoms with Crippen molar-refractivity contribution in [2.24, 2.45) is 0 Å². The van der Waals surface area contributed by atoms with Crippen LogP contribution in [0, 0.1) is 17.0 Å². The Balaban J connectivity index is 2.72. The summed E-state index contributed by atoms with van der Waals surface area (Å²) < 4.78 is 27.4. The van der Waals surface area contributed by atoms with E-state index in [2.05, 4.69) is 18.6 Å². The monoisotopic (exact) mass is 358 g/mol. The Kier molecular flexibility index (Phi) is 7.78. The van der Waals surface area contributed by atoms with Gasteiger partial charge in [0.15, 0.2) is 0 Å². The lowest BCUT2D eigenvalue weighted by Gasteiger charge is -2.18. The van der Waals surface area contributed by atoms with Gasteiger partial charge in [-0.3, -0.25) is 10.1 Å². The number of benzene rings is 1. The predicted molar refractivity (Wildman–Crippen MR) is 93.8 cm³/mol. The molecule has 7 nitrogen and oxygen atoms in total. The lowest BCUT2D eigenvalue weighted by atomic mass is 10.2. The fraction of sp³-hybridized carbons (Fsp3) is 0.625. The molecule has 1 atom stereocenters. The molecule has 1 rings (SSSR count). The first-order chi connectivity index (χ1) is 11.2. The van der Waals surface area contributed by atoms with Crippen molar-refractivity contribution in [2.45, 2.75) is 51.5 Å². The molecule has 0 aromatic heterocycles. The number of hydrogen-bond donors (Lipinski definition) is 2. The zero-order chi connectivity index (χ0) is 18.3. The minimum atomic E-state index is -3.76. The van der Waals surface area contributed by atoms with E-state index in [4.69, 9.17) is 0 Å². The summed E-state index contributed by atoms with van der Waals surface area (Å²) >= 11 is 0. The topological polar surface area (TPSA) is 93.8 Å². The van der Waals surface area contributed by atoms with Gasteiger partial charge in [-0.15, -0.1) is 0 Å². The standard InChI is InChI=1S/C16H27N3O4S/c1-5-18(6-2)11-7-8-14(4)17-24(22,23)15-10-9-13(3)16(12-15)19(20)21/h9-10,12,14,17H,5-8,11H2,1-4H3/p+1/t14-/m1/s1. The fourth-order valence-corrected chi connectivity index (χ4v) is 3.90. The zero-order valence-corrected chi connectivity index (χ0v) is 15.6. The van der Waals surface area contributed by atoms with Crippen molar-refractivity contribution in [3.63, 3.8) is 0 Å². The first kappa shape index (κ1) is 20.5. The summed E-state index contributed by atoms with van der Waals surface area (Å²) in [6.07, 6.45) is 1.66. The number of sulfonamides is 1. The van der Waals surface area contributed by atoms with Crippen molar-refractivity contribution >= 4 is 15.7 Å². The van der Waals surface area contributed by atoms with Crippen LogP contribution in [0.1, 0.15) is 39.2 Å². The van der Waals surface area contributed by atoms with Gasteiger partial charge in [0, 0.05) is 17.7 Å². The van der Waals surface area contributed by atoms with Crippen LogP contribution in [0.5, 0.6) is 0 Å². The third-order valence-corrected chi connectivity index (χ3v) is 5.80. The highest BCUT2D eigenvalue weighted by Crippen LogP contribution is 2.22. The Morgan fingerprint density at radius 1 is 1.29 bits per heavy atom. The average molecular weight is 358 g/mol. The normalized spacial score (nSPS) is 13.2. The molecule has 0 aliphatic heterocycles. The maximum absolute atomic E-state index is 12.4. The largest absolute Gasteiger partial charge is 0.335 e. The molecular formula is C16H28N3O4S+. The van der Waals surface area contributed by atoms with Crippen LogP contribution in [0.3, 0.4) is 0 Å². The van der Waals surface area contributed by atoms with Crippen LogP contribution in [0.4, 0.5) is 5.69 Å². The molecule has 8 heteroatoms. The van der Waals surface area contributed by atoms with E-state index < -0.39 is 14.9 Å². The van der Waals surface area contributed by atoms with E-state index in [0.29, 0.717) is 5.56 Å². The molecule has 0 saturated heterocycles. The lowest BCUT2D eigenvalue weighted by Crippen LogP contribution is -3.11. The molecule has 24 heavy (non-hydrogen) atoms. The Hall–Kier alpha value is -1.51. The molecule has 0 radical (unpaired) electrons. The molecule has 2 N–H and O–H groups in total. The van der Waals surface area contributed by atoms with Crippen molar-refractivity contribution in [2.75, 3.05) is 19.6 Å². The summed E-state index contributed by atoms with van der Waals surface area (Å²) in [5.41, 5.74) is 0.254. The van der Waals surface area contributed by atoms with Crippen molar-refractivity contribution in [3.05, 3.63) is 33.9 Å². The number of quaternary nitrogens is 1. The minimum Gasteiger partial charge on any atom is -0.335 e. The molecule has 0 saturated carbocycles. The van der Waals surface area contributed by atoms with Crippen LogP contribution in [-0.4, -0.2) is 39.0 Å². The van der Waals surface area contributed by atoms with Gasteiger partial charge in [0.1, 0.15) is 0 Å². The van der Waals surface area contributed by atoms with Crippen LogP contribution in [0.2, 0.25) is 0 Å². The summed E-state index contributed by atoms with van der Waals surface area (Å²) in [6.45, 7) is 10.8. The van der Waals surface area contributed by atoms with Gasteiger partial charge in [0.25, 0.3) is 5.69 Å². The Labute approximate surface area is 144 Å². The van der Waals surface area contributed by atoms with Gasteiger partial charge in [-0.1, -0.05) is 6.07 Å². The first-order valence-electron chi connectivity index (χ1n) is 8.32. The maximum Gasteiger partial charge on any atom is 0.273 e. The summed E-state index contributed by atoms with van der Waals surface area (Å²) in [7, 11) is -3.76. The zero-order valence-electron chi connectivity index (χ0n) is 14.8. The Morgan fingerprint density at radius 3 is 2.46 bits per heavy atom. The molecule has 0 amide bonds. The maximum atomic E-state index is 12.4. The van der Waals surface area contributed by atoms with E-state index in [0.717, 1.165) is 38.5 Å². The first-order valence-corrected chi connectivity index (χ1v) is 9.80. The number of aryl methyl sites for hydroxylation is 1. The Bertz CT molecular complexity index is 657. The second-order valence-corrected chi connectivity index (χ2v) is 7.79. The number of nitro benzene ring substituents is 1. The van der Waals surface area contributed by atoms with Crippen molar-refractivity contribution in [1.29, 1.82) is 0 Å². The van der Waals surface area contributed by atoms with Crippen molar-refractivity contribution < 1.29 is 18.2 Å². The molecule has 0 aliphatic rings. The molecule has 0 aliphatic carbocycles. The van der Waals surface area contributed by atoms with Crippen LogP contribution in [0.15, 0.2) is 23.1 Å². The third kappa shape index (κ3) is 5.85. The molecule has 1 aromatic carbocycles. The molecule has 136 valence electrons. The number of rotatable bonds is 10. The second-order valence-electron chi connectivity index (χ2n) is 6.08. The Morgan fingerprint density at radius 2 is 1.92 bits per heavy atom. The lowest BCUT2D eigenvalue weighted by molar-refractivity contribution is -0.896. The van der Waals surface area contributed by atoms with E-state index in [1.807, 2.05) is 6.92 Å². The average Bonchev–Trinajstić information content (AvgIpc) is 2.51. The summed E-state index contributed by atoms with van der Waals surface area (Å²) in [4.78, 5) is 11.8. The van der Waals surface area contributed by atoms with E-state index in [9.17, 15) is 18.5 Å². The molecule has 1 aromatic rings. The van der Waals surface area contributed by atoms with E-state index in [1.165, 1.54) is 17.0 Å². The summed E-state index contributed by atoms with van der Waals surface area (Å²) in [6, 6.07) is 3.76. The quantitative estimate of drug-likeness (QED) is 0.487. The van der Waals surface area contributed by atoms with Gasteiger partial charge in [-0.25, -0.2) is 13.1 Å². The van der Waals surface area contributed by atoms with Gasteiger partial charge in [0.2, 0.25) is 10.0 Å². The molecule has 0 fully saturated rings. The van der Waals surface area contributed by atoms with Crippen LogP contribution in [0.25, 0.3) is 0 Å². The SMILES string of the molecule is CC[NH+](CC)CCC[C@@H](C)NS(=O)(=O)c1ccc(C)c([N+](=O)[O-])c1. The fourth-order valence-electron chi connectivity index (χ4n) is 2.61. The van der Waals surface area contributed by atoms with Crippen molar-refractivity contribution in [3.8, 4) is 0 Å². The van der Waals surface area contributed by atoms with Crippen LogP contribution < -0.4 is 9.62 Å². The summed E-state index contributed by atoms with van der Waals surface area (Å²) in [5, 5.41) is 11.0. The van der Waals surface area contributed by atoms with Gasteiger partial charge in [-0.2, -0.15) is 0 Å². The number of nitrogens with zero attached hydrogens (tertiary/aromatic N) is 1. The van der Waals surface area contributed by atoms with E-state index >= 15 is 0 Å². The molecule has 0 unspecified atom stereocenters. The molecule has 0 bridgehead atoms. The van der Waals surface area contributed by atoms with Crippen LogP contribution in [-0.2, 0) is 10.0 Å². The predicted octanol–water partition coefficient (Wildman–Crippen LogP) is 1.27. The minimum absolute atomic E-state index is 0.0685.